The zero-order valence-corrected chi connectivity index (χ0v) is 13.4. The summed E-state index contributed by atoms with van der Waals surface area (Å²) < 4.78 is 0. The lowest BCUT2D eigenvalue weighted by molar-refractivity contribution is 1.35. The van der Waals surface area contributed by atoms with Gasteiger partial charge in [-0.2, -0.15) is 5.26 Å². The molecule has 0 aliphatic heterocycles. The van der Waals surface area contributed by atoms with Gasteiger partial charge in [0, 0.05) is 22.3 Å². The lowest BCUT2D eigenvalue weighted by Crippen LogP contribution is -1.98. The van der Waals surface area contributed by atoms with Gasteiger partial charge in [0.25, 0.3) is 0 Å². The molecular weight excluding hydrogens is 317 g/mol. The van der Waals surface area contributed by atoms with Crippen LogP contribution in [0.5, 0.6) is 0 Å². The van der Waals surface area contributed by atoms with Crippen LogP contribution in [0.15, 0.2) is 48.7 Å². The molecule has 0 saturated carbocycles. The van der Waals surface area contributed by atoms with Gasteiger partial charge in [0.2, 0.25) is 0 Å². The molecule has 0 atom stereocenters. The SMILES string of the molecule is Cc1ccc(Cl)cc1Nc1c(C#N)cnc2ccccc12.Cl. The first kappa shape index (κ1) is 16.1. The standard InChI is InChI=1S/C17H12ClN3.ClH/c1-11-6-7-13(18)8-16(11)21-17-12(9-19)10-20-15-5-3-2-4-14(15)17;/h2-8,10H,1H3,(H,20,21);1H. The van der Waals surface area contributed by atoms with E-state index in [2.05, 4.69) is 16.4 Å². The van der Waals surface area contributed by atoms with E-state index in [9.17, 15) is 5.26 Å². The van der Waals surface area contributed by atoms with Crippen molar-refractivity contribution in [3.05, 3.63) is 64.8 Å². The Labute approximate surface area is 140 Å². The molecule has 1 N–H and O–H groups in total. The molecule has 5 heteroatoms. The van der Waals surface area contributed by atoms with E-state index in [1.54, 1.807) is 6.20 Å². The second-order valence-corrected chi connectivity index (χ2v) is 5.20. The monoisotopic (exact) mass is 329 g/mol. The maximum Gasteiger partial charge on any atom is 0.103 e. The fourth-order valence-electron chi connectivity index (χ4n) is 2.22. The number of nitriles is 1. The molecule has 1 heterocycles. The second-order valence-electron chi connectivity index (χ2n) is 4.76. The first-order valence-electron chi connectivity index (χ1n) is 6.50. The Bertz CT molecular complexity index is 869. The molecule has 0 bridgehead atoms. The summed E-state index contributed by atoms with van der Waals surface area (Å²) in [6, 6.07) is 15.6. The third-order valence-electron chi connectivity index (χ3n) is 3.36. The molecule has 0 spiro atoms. The summed E-state index contributed by atoms with van der Waals surface area (Å²) in [5.41, 5.74) is 4.06. The van der Waals surface area contributed by atoms with E-state index in [4.69, 9.17) is 11.6 Å². The van der Waals surface area contributed by atoms with E-state index < -0.39 is 0 Å². The molecule has 0 radical (unpaired) electrons. The number of fused-ring (bicyclic) bond motifs is 1. The number of halogens is 2. The van der Waals surface area contributed by atoms with Gasteiger partial charge < -0.3 is 5.32 Å². The van der Waals surface area contributed by atoms with Crippen LogP contribution in [0.3, 0.4) is 0 Å². The molecule has 0 aliphatic rings. The van der Waals surface area contributed by atoms with Gasteiger partial charge in [-0.1, -0.05) is 35.9 Å². The van der Waals surface area contributed by atoms with Crippen molar-refractivity contribution in [2.24, 2.45) is 0 Å². The van der Waals surface area contributed by atoms with Gasteiger partial charge in [0.15, 0.2) is 0 Å². The molecule has 0 fully saturated rings. The third kappa shape index (κ3) is 2.99. The average Bonchev–Trinajstić information content (AvgIpc) is 2.51. The minimum absolute atomic E-state index is 0. The fraction of sp³-hybridized carbons (Fsp3) is 0.0588. The van der Waals surface area contributed by atoms with Crippen LogP contribution in [0.4, 0.5) is 11.4 Å². The number of nitrogens with one attached hydrogen (secondary N) is 1. The van der Waals surface area contributed by atoms with Crippen molar-refractivity contribution in [3.63, 3.8) is 0 Å². The highest BCUT2D eigenvalue weighted by atomic mass is 35.5. The second kappa shape index (κ2) is 6.65. The number of aromatic nitrogens is 1. The lowest BCUT2D eigenvalue weighted by Gasteiger charge is -2.13. The Morgan fingerprint density at radius 1 is 1.18 bits per heavy atom. The number of pyridine rings is 1. The molecule has 1 aromatic heterocycles. The Balaban J connectivity index is 0.00000176. The van der Waals surface area contributed by atoms with Gasteiger partial charge in [-0.3, -0.25) is 4.98 Å². The predicted octanol–water partition coefficient (Wildman–Crippen LogP) is 5.23. The number of benzene rings is 2. The summed E-state index contributed by atoms with van der Waals surface area (Å²) >= 11 is 6.06. The molecule has 0 aliphatic carbocycles. The zero-order chi connectivity index (χ0) is 14.8. The molecule has 3 rings (SSSR count). The highest BCUT2D eigenvalue weighted by Gasteiger charge is 2.10. The maximum absolute atomic E-state index is 9.32. The summed E-state index contributed by atoms with van der Waals surface area (Å²) in [5, 5.41) is 14.2. The summed E-state index contributed by atoms with van der Waals surface area (Å²) in [5.74, 6) is 0. The molecule has 2 aromatic carbocycles. The molecule has 110 valence electrons. The molecule has 0 amide bonds. The quantitative estimate of drug-likeness (QED) is 0.699. The molecule has 3 aromatic rings. The minimum Gasteiger partial charge on any atom is -0.354 e. The van der Waals surface area contributed by atoms with Crippen LogP contribution >= 0.6 is 24.0 Å². The minimum atomic E-state index is 0. The van der Waals surface area contributed by atoms with Gasteiger partial charge >= 0.3 is 0 Å². The number of para-hydroxylation sites is 1. The topological polar surface area (TPSA) is 48.7 Å². The molecule has 22 heavy (non-hydrogen) atoms. The smallest absolute Gasteiger partial charge is 0.103 e. The van der Waals surface area contributed by atoms with Crippen LogP contribution in [-0.2, 0) is 0 Å². The van der Waals surface area contributed by atoms with Crippen molar-refractivity contribution >= 4 is 46.3 Å². The van der Waals surface area contributed by atoms with Gasteiger partial charge in [0.1, 0.15) is 6.07 Å². The Morgan fingerprint density at radius 2 is 1.95 bits per heavy atom. The van der Waals surface area contributed by atoms with Gasteiger partial charge in [-0.25, -0.2) is 0 Å². The first-order valence-corrected chi connectivity index (χ1v) is 6.88. The van der Waals surface area contributed by atoms with Crippen molar-refractivity contribution in [3.8, 4) is 6.07 Å². The summed E-state index contributed by atoms with van der Waals surface area (Å²) in [6.07, 6.45) is 1.59. The van der Waals surface area contributed by atoms with E-state index in [1.165, 1.54) is 0 Å². The van der Waals surface area contributed by atoms with E-state index in [0.717, 1.165) is 27.8 Å². The number of anilines is 2. The highest BCUT2D eigenvalue weighted by molar-refractivity contribution is 6.30. The van der Waals surface area contributed by atoms with Crippen molar-refractivity contribution in [1.82, 2.24) is 4.98 Å². The first-order chi connectivity index (χ1) is 10.2. The van der Waals surface area contributed by atoms with Crippen LogP contribution in [-0.4, -0.2) is 4.98 Å². The van der Waals surface area contributed by atoms with Crippen molar-refractivity contribution in [2.75, 3.05) is 5.32 Å². The molecular formula is C17H13Cl2N3. The largest absolute Gasteiger partial charge is 0.354 e. The normalized spacial score (nSPS) is 9.86. The van der Waals surface area contributed by atoms with E-state index in [1.807, 2.05) is 49.4 Å². The number of rotatable bonds is 2. The van der Waals surface area contributed by atoms with Gasteiger partial charge in [-0.05, 0) is 30.7 Å². The number of nitrogens with zero attached hydrogens (tertiary/aromatic N) is 2. The Kier molecular flexibility index (Phi) is 4.87. The molecule has 0 unspecified atom stereocenters. The van der Waals surface area contributed by atoms with Gasteiger partial charge in [0.05, 0.1) is 16.8 Å². The van der Waals surface area contributed by atoms with Crippen molar-refractivity contribution in [2.45, 2.75) is 6.92 Å². The van der Waals surface area contributed by atoms with Crippen LogP contribution in [0.25, 0.3) is 10.9 Å². The molecule has 0 saturated heterocycles. The van der Waals surface area contributed by atoms with E-state index in [0.29, 0.717) is 10.6 Å². The van der Waals surface area contributed by atoms with Crippen LogP contribution in [0.2, 0.25) is 5.02 Å². The third-order valence-corrected chi connectivity index (χ3v) is 3.59. The summed E-state index contributed by atoms with van der Waals surface area (Å²) in [4.78, 5) is 4.31. The predicted molar refractivity (Wildman–Crippen MR) is 93.2 cm³/mol. The number of hydrogen-bond acceptors (Lipinski definition) is 3. The fourth-order valence-corrected chi connectivity index (χ4v) is 2.40. The Hall–Kier alpha value is -2.28. The highest BCUT2D eigenvalue weighted by Crippen LogP contribution is 2.31. The van der Waals surface area contributed by atoms with E-state index >= 15 is 0 Å². The van der Waals surface area contributed by atoms with E-state index in [-0.39, 0.29) is 12.4 Å². The van der Waals surface area contributed by atoms with Crippen LogP contribution < -0.4 is 5.32 Å². The average molecular weight is 330 g/mol. The summed E-state index contributed by atoms with van der Waals surface area (Å²) in [6.45, 7) is 1.99. The lowest BCUT2D eigenvalue weighted by atomic mass is 10.1. The van der Waals surface area contributed by atoms with Crippen LogP contribution in [0, 0.1) is 18.3 Å². The van der Waals surface area contributed by atoms with Gasteiger partial charge in [-0.15, -0.1) is 12.4 Å². The Morgan fingerprint density at radius 3 is 2.73 bits per heavy atom. The zero-order valence-electron chi connectivity index (χ0n) is 11.8. The van der Waals surface area contributed by atoms with Crippen molar-refractivity contribution in [1.29, 1.82) is 5.26 Å². The van der Waals surface area contributed by atoms with Crippen molar-refractivity contribution < 1.29 is 0 Å². The van der Waals surface area contributed by atoms with Crippen LogP contribution in [0.1, 0.15) is 11.1 Å². The summed E-state index contributed by atoms with van der Waals surface area (Å²) in [7, 11) is 0. The molecule has 3 nitrogen and oxygen atoms in total. The number of hydrogen-bond donors (Lipinski definition) is 1. The maximum atomic E-state index is 9.32. The number of aryl methyl sites for hydroxylation is 1.